The molecule has 0 aliphatic rings. The standard InChI is InChI=1S/C10H16N2O4S2/c1-6-8(4-7(17-6)9(11)14)18(15,16)12-10(2,3)5-13/h4,12-13H,5H2,1-3H3,(H2,11,14). The average molecular weight is 292 g/mol. The van der Waals surface area contributed by atoms with Gasteiger partial charge < -0.3 is 10.8 Å². The summed E-state index contributed by atoms with van der Waals surface area (Å²) >= 11 is 1.03. The van der Waals surface area contributed by atoms with Gasteiger partial charge in [0.25, 0.3) is 5.91 Å². The number of rotatable bonds is 5. The van der Waals surface area contributed by atoms with Crippen molar-refractivity contribution in [2.75, 3.05) is 6.61 Å². The number of primary amides is 1. The van der Waals surface area contributed by atoms with Crippen LogP contribution in [0.1, 0.15) is 28.4 Å². The van der Waals surface area contributed by atoms with E-state index in [9.17, 15) is 13.2 Å². The van der Waals surface area contributed by atoms with Gasteiger partial charge in [0.1, 0.15) is 0 Å². The van der Waals surface area contributed by atoms with Gasteiger partial charge in [-0.1, -0.05) is 0 Å². The number of carbonyl (C=O) groups excluding carboxylic acids is 1. The number of hydrogen-bond acceptors (Lipinski definition) is 5. The first kappa shape index (κ1) is 15.1. The molecule has 0 bridgehead atoms. The molecule has 6 nitrogen and oxygen atoms in total. The van der Waals surface area contributed by atoms with Gasteiger partial charge in [-0.15, -0.1) is 11.3 Å². The van der Waals surface area contributed by atoms with Crippen LogP contribution in [0.2, 0.25) is 0 Å². The number of carbonyl (C=O) groups is 1. The van der Waals surface area contributed by atoms with Crippen LogP contribution in [0.4, 0.5) is 0 Å². The summed E-state index contributed by atoms with van der Waals surface area (Å²) in [5, 5.41) is 9.07. The fraction of sp³-hybridized carbons (Fsp3) is 0.500. The smallest absolute Gasteiger partial charge is 0.258 e. The highest BCUT2D eigenvalue weighted by Gasteiger charge is 2.28. The van der Waals surface area contributed by atoms with Crippen molar-refractivity contribution >= 4 is 27.3 Å². The Morgan fingerprint density at radius 2 is 2.11 bits per heavy atom. The fourth-order valence-corrected chi connectivity index (χ4v) is 4.15. The van der Waals surface area contributed by atoms with E-state index in [2.05, 4.69) is 4.72 Å². The number of amides is 1. The van der Waals surface area contributed by atoms with Crippen LogP contribution in [-0.4, -0.2) is 31.6 Å². The lowest BCUT2D eigenvalue weighted by atomic mass is 10.1. The van der Waals surface area contributed by atoms with Crippen molar-refractivity contribution < 1.29 is 18.3 Å². The molecule has 1 rings (SSSR count). The predicted octanol–water partition coefficient (Wildman–Crippen LogP) is 0.205. The minimum atomic E-state index is -3.78. The Hall–Kier alpha value is -0.960. The molecule has 0 atom stereocenters. The topological polar surface area (TPSA) is 109 Å². The van der Waals surface area contributed by atoms with Crippen LogP contribution in [0.15, 0.2) is 11.0 Å². The maximum absolute atomic E-state index is 12.1. The normalized spacial score (nSPS) is 12.7. The number of sulfonamides is 1. The highest BCUT2D eigenvalue weighted by atomic mass is 32.2. The molecule has 18 heavy (non-hydrogen) atoms. The zero-order valence-corrected chi connectivity index (χ0v) is 12.0. The molecule has 8 heteroatoms. The van der Waals surface area contributed by atoms with E-state index in [1.165, 1.54) is 6.07 Å². The molecule has 0 unspecified atom stereocenters. The fourth-order valence-electron chi connectivity index (χ4n) is 1.30. The van der Waals surface area contributed by atoms with Crippen molar-refractivity contribution in [2.24, 2.45) is 5.73 Å². The Morgan fingerprint density at radius 1 is 1.56 bits per heavy atom. The van der Waals surface area contributed by atoms with Crippen LogP contribution in [0, 0.1) is 6.92 Å². The van der Waals surface area contributed by atoms with E-state index in [-0.39, 0.29) is 16.4 Å². The van der Waals surface area contributed by atoms with Crippen LogP contribution < -0.4 is 10.5 Å². The summed E-state index contributed by atoms with van der Waals surface area (Å²) in [6, 6.07) is 1.25. The molecule has 1 aromatic heterocycles. The third-order valence-electron chi connectivity index (χ3n) is 2.21. The molecule has 0 aliphatic heterocycles. The first-order valence-corrected chi connectivity index (χ1v) is 7.44. The lowest BCUT2D eigenvalue weighted by molar-refractivity contribution is 0.100. The minimum Gasteiger partial charge on any atom is -0.394 e. The minimum absolute atomic E-state index is 0.0165. The molecule has 0 aliphatic carbocycles. The number of aryl methyl sites for hydroxylation is 1. The summed E-state index contributed by atoms with van der Waals surface area (Å²) in [5.74, 6) is -0.661. The van der Waals surface area contributed by atoms with E-state index < -0.39 is 21.5 Å². The summed E-state index contributed by atoms with van der Waals surface area (Å²) in [4.78, 5) is 11.7. The molecule has 102 valence electrons. The highest BCUT2D eigenvalue weighted by Crippen LogP contribution is 2.26. The molecule has 1 heterocycles. The van der Waals surface area contributed by atoms with Crippen LogP contribution in [0.25, 0.3) is 0 Å². The summed E-state index contributed by atoms with van der Waals surface area (Å²) < 4.78 is 26.6. The number of nitrogens with one attached hydrogen (secondary N) is 1. The largest absolute Gasteiger partial charge is 0.394 e. The van der Waals surface area contributed by atoms with Gasteiger partial charge in [0.2, 0.25) is 10.0 Å². The van der Waals surface area contributed by atoms with Crippen LogP contribution >= 0.6 is 11.3 Å². The second kappa shape index (κ2) is 4.96. The van der Waals surface area contributed by atoms with Crippen molar-refractivity contribution in [1.82, 2.24) is 4.72 Å². The first-order chi connectivity index (χ1) is 8.09. The molecular weight excluding hydrogens is 276 g/mol. The Morgan fingerprint density at radius 3 is 2.50 bits per heavy atom. The van der Waals surface area contributed by atoms with E-state index in [1.807, 2.05) is 0 Å². The second-order valence-corrected chi connectivity index (χ2v) is 7.45. The van der Waals surface area contributed by atoms with Crippen LogP contribution in [-0.2, 0) is 10.0 Å². The molecule has 0 fully saturated rings. The SMILES string of the molecule is Cc1sc(C(N)=O)cc1S(=O)(=O)NC(C)(C)CO. The quantitative estimate of drug-likeness (QED) is 0.720. The van der Waals surface area contributed by atoms with Gasteiger partial charge in [0.15, 0.2) is 0 Å². The number of thiophene rings is 1. The van der Waals surface area contributed by atoms with Crippen molar-refractivity contribution in [3.63, 3.8) is 0 Å². The zero-order chi connectivity index (χ0) is 14.1. The van der Waals surface area contributed by atoms with Gasteiger partial charge in [0.05, 0.1) is 21.9 Å². The van der Waals surface area contributed by atoms with Gasteiger partial charge >= 0.3 is 0 Å². The van der Waals surface area contributed by atoms with E-state index in [1.54, 1.807) is 20.8 Å². The van der Waals surface area contributed by atoms with Crippen molar-refractivity contribution in [3.8, 4) is 0 Å². The number of aliphatic hydroxyl groups excluding tert-OH is 1. The van der Waals surface area contributed by atoms with Crippen molar-refractivity contribution in [2.45, 2.75) is 31.2 Å². The summed E-state index contributed by atoms with van der Waals surface area (Å²) in [5.41, 5.74) is 4.14. The van der Waals surface area contributed by atoms with Crippen LogP contribution in [0.3, 0.4) is 0 Å². The third kappa shape index (κ3) is 3.29. The molecule has 0 spiro atoms. The van der Waals surface area contributed by atoms with E-state index in [0.29, 0.717) is 4.88 Å². The van der Waals surface area contributed by atoms with E-state index in [4.69, 9.17) is 10.8 Å². The van der Waals surface area contributed by atoms with Gasteiger partial charge in [-0.05, 0) is 26.8 Å². The van der Waals surface area contributed by atoms with Gasteiger partial charge in [-0.3, -0.25) is 4.79 Å². The summed E-state index contributed by atoms with van der Waals surface area (Å²) in [7, 11) is -3.78. The highest BCUT2D eigenvalue weighted by molar-refractivity contribution is 7.89. The second-order valence-electron chi connectivity index (χ2n) is 4.54. The Bertz CT molecular complexity index is 560. The Labute approximate surface area is 110 Å². The molecular formula is C10H16N2O4S2. The van der Waals surface area contributed by atoms with Crippen molar-refractivity contribution in [3.05, 3.63) is 15.8 Å². The van der Waals surface area contributed by atoms with Crippen molar-refractivity contribution in [1.29, 1.82) is 0 Å². The van der Waals surface area contributed by atoms with Gasteiger partial charge in [-0.25, -0.2) is 13.1 Å². The van der Waals surface area contributed by atoms with E-state index in [0.717, 1.165) is 11.3 Å². The lowest BCUT2D eigenvalue weighted by Gasteiger charge is -2.22. The third-order valence-corrected chi connectivity index (χ3v) is 5.23. The predicted molar refractivity (Wildman–Crippen MR) is 69.1 cm³/mol. The maximum atomic E-state index is 12.1. The maximum Gasteiger partial charge on any atom is 0.258 e. The zero-order valence-electron chi connectivity index (χ0n) is 10.4. The van der Waals surface area contributed by atoms with Gasteiger partial charge in [0, 0.05) is 4.88 Å². The van der Waals surface area contributed by atoms with E-state index >= 15 is 0 Å². The summed E-state index contributed by atoms with van der Waals surface area (Å²) in [6.45, 7) is 4.37. The molecule has 4 N–H and O–H groups in total. The molecule has 0 aromatic carbocycles. The Balaban J connectivity index is 3.17. The average Bonchev–Trinajstić information content (AvgIpc) is 2.60. The molecule has 0 radical (unpaired) electrons. The lowest BCUT2D eigenvalue weighted by Crippen LogP contribution is -2.46. The number of nitrogens with two attached hydrogens (primary N) is 1. The summed E-state index contributed by atoms with van der Waals surface area (Å²) in [6.07, 6.45) is 0. The Kier molecular flexibility index (Phi) is 4.16. The van der Waals surface area contributed by atoms with Crippen LogP contribution in [0.5, 0.6) is 0 Å². The number of hydrogen-bond donors (Lipinski definition) is 3. The first-order valence-electron chi connectivity index (χ1n) is 5.14. The molecule has 0 saturated carbocycles. The van der Waals surface area contributed by atoms with Gasteiger partial charge in [-0.2, -0.15) is 0 Å². The number of aliphatic hydroxyl groups is 1. The monoisotopic (exact) mass is 292 g/mol. The molecule has 1 aromatic rings. The molecule has 0 saturated heterocycles. The molecule has 1 amide bonds.